The largest absolute Gasteiger partial charge is 0.396 e. The molecule has 7 heteroatoms. The molecule has 0 saturated heterocycles. The summed E-state index contributed by atoms with van der Waals surface area (Å²) in [5, 5.41) is 53.7. The fourth-order valence-corrected chi connectivity index (χ4v) is 1.11. The zero-order chi connectivity index (χ0) is 12.7. The zero-order valence-corrected chi connectivity index (χ0v) is 8.73. The second-order valence-electron chi connectivity index (χ2n) is 3.47. The molecule has 6 N–H and O–H groups in total. The van der Waals surface area contributed by atoms with Crippen LogP contribution in [0.5, 0.6) is 0 Å². The lowest BCUT2D eigenvalue weighted by atomic mass is 9.98. The molecule has 4 unspecified atom stereocenters. The molecule has 0 rings (SSSR count). The van der Waals surface area contributed by atoms with E-state index in [1.54, 1.807) is 0 Å². The van der Waals surface area contributed by atoms with Gasteiger partial charge in [-0.15, -0.1) is 0 Å². The fraction of sp³-hybridized carbons (Fsp3) is 0.889. The van der Waals surface area contributed by atoms with Crippen molar-refractivity contribution in [3.05, 3.63) is 0 Å². The van der Waals surface area contributed by atoms with E-state index in [1.165, 1.54) is 0 Å². The number of rotatable bonds is 8. The normalized spacial score (nSPS) is 18.9. The highest BCUT2D eigenvalue weighted by Gasteiger charge is 2.33. The van der Waals surface area contributed by atoms with Crippen LogP contribution < -0.4 is 0 Å². The number of carbonyl (C=O) groups is 1. The molecule has 0 amide bonds. The predicted octanol–water partition coefficient (Wildman–Crippen LogP) is -3.24. The van der Waals surface area contributed by atoms with Crippen molar-refractivity contribution in [2.24, 2.45) is 0 Å². The molecule has 7 nitrogen and oxygen atoms in total. The van der Waals surface area contributed by atoms with Gasteiger partial charge in [0, 0.05) is 13.0 Å². The summed E-state index contributed by atoms with van der Waals surface area (Å²) in [5.74, 6) is -0.745. The second-order valence-corrected chi connectivity index (χ2v) is 3.47. The maximum Gasteiger partial charge on any atom is 0.164 e. The van der Waals surface area contributed by atoms with Gasteiger partial charge in [0.25, 0.3) is 0 Å². The van der Waals surface area contributed by atoms with E-state index in [4.69, 9.17) is 15.3 Å². The summed E-state index contributed by atoms with van der Waals surface area (Å²) < 4.78 is 0. The van der Waals surface area contributed by atoms with E-state index in [0.29, 0.717) is 0 Å². The minimum Gasteiger partial charge on any atom is -0.396 e. The van der Waals surface area contributed by atoms with Crippen LogP contribution in [0.3, 0.4) is 0 Å². The summed E-state index contributed by atoms with van der Waals surface area (Å²) in [7, 11) is 0. The van der Waals surface area contributed by atoms with Crippen LogP contribution in [0.15, 0.2) is 0 Å². The van der Waals surface area contributed by atoms with Crippen LogP contribution in [-0.4, -0.2) is 74.1 Å². The van der Waals surface area contributed by atoms with Gasteiger partial charge in [-0.25, -0.2) is 0 Å². The maximum absolute atomic E-state index is 11.2. The molecule has 0 saturated carbocycles. The van der Waals surface area contributed by atoms with Crippen molar-refractivity contribution in [2.45, 2.75) is 37.3 Å². The summed E-state index contributed by atoms with van der Waals surface area (Å²) >= 11 is 0. The monoisotopic (exact) mass is 238 g/mol. The van der Waals surface area contributed by atoms with E-state index >= 15 is 0 Å². The molecule has 0 aromatic rings. The molecular weight excluding hydrogens is 220 g/mol. The summed E-state index contributed by atoms with van der Waals surface area (Å²) in [6, 6.07) is 0. The average molecular weight is 238 g/mol. The molecule has 0 heterocycles. The summed E-state index contributed by atoms with van der Waals surface area (Å²) in [5.41, 5.74) is 0. The maximum atomic E-state index is 11.2. The molecular formula is C9H18O7. The molecule has 0 fully saturated rings. The van der Waals surface area contributed by atoms with Gasteiger partial charge in [0.05, 0.1) is 6.61 Å². The topological polar surface area (TPSA) is 138 Å². The van der Waals surface area contributed by atoms with E-state index in [2.05, 4.69) is 0 Å². The molecule has 0 aliphatic heterocycles. The van der Waals surface area contributed by atoms with Gasteiger partial charge in [0.2, 0.25) is 0 Å². The number of hydrogen-bond acceptors (Lipinski definition) is 7. The Hall–Kier alpha value is -0.570. The summed E-state index contributed by atoms with van der Waals surface area (Å²) in [4.78, 5) is 11.2. The highest BCUT2D eigenvalue weighted by Crippen LogP contribution is 2.08. The Morgan fingerprint density at radius 3 is 2.00 bits per heavy atom. The van der Waals surface area contributed by atoms with Crippen molar-refractivity contribution in [3.8, 4) is 0 Å². The third-order valence-corrected chi connectivity index (χ3v) is 2.17. The number of carbonyl (C=O) groups excluding carboxylic acids is 1. The van der Waals surface area contributed by atoms with Crippen molar-refractivity contribution in [2.75, 3.05) is 13.2 Å². The lowest BCUT2D eigenvalue weighted by Crippen LogP contribution is -2.48. The van der Waals surface area contributed by atoms with Crippen LogP contribution >= 0.6 is 0 Å². The quantitative estimate of drug-likeness (QED) is 0.261. The van der Waals surface area contributed by atoms with Crippen LogP contribution in [-0.2, 0) is 4.79 Å². The first-order valence-electron chi connectivity index (χ1n) is 4.92. The van der Waals surface area contributed by atoms with Crippen molar-refractivity contribution in [3.63, 3.8) is 0 Å². The highest BCUT2D eigenvalue weighted by atomic mass is 16.4. The molecule has 16 heavy (non-hydrogen) atoms. The Morgan fingerprint density at radius 2 is 1.56 bits per heavy atom. The first kappa shape index (κ1) is 15.4. The lowest BCUT2D eigenvalue weighted by Gasteiger charge is -2.24. The van der Waals surface area contributed by atoms with Crippen LogP contribution in [0.25, 0.3) is 0 Å². The minimum atomic E-state index is -1.87. The molecule has 0 aromatic carbocycles. The SMILES string of the molecule is O=C(CCCO)C(O)C(O)C(O)C(O)CO. The van der Waals surface area contributed by atoms with Crippen LogP contribution in [0.1, 0.15) is 12.8 Å². The van der Waals surface area contributed by atoms with Gasteiger partial charge < -0.3 is 30.6 Å². The van der Waals surface area contributed by atoms with Crippen molar-refractivity contribution in [1.29, 1.82) is 0 Å². The first-order valence-corrected chi connectivity index (χ1v) is 4.92. The standard InChI is InChI=1S/C9H18O7/c10-3-1-2-5(12)7(14)9(16)8(15)6(13)4-11/h6-11,13-16H,1-4H2. The minimum absolute atomic E-state index is 0.140. The van der Waals surface area contributed by atoms with Gasteiger partial charge in [-0.1, -0.05) is 0 Å². The van der Waals surface area contributed by atoms with Crippen molar-refractivity contribution < 1.29 is 35.4 Å². The summed E-state index contributed by atoms with van der Waals surface area (Å²) in [6.07, 6.45) is -7.15. The fourth-order valence-electron chi connectivity index (χ4n) is 1.11. The third-order valence-electron chi connectivity index (χ3n) is 2.17. The van der Waals surface area contributed by atoms with E-state index in [-0.39, 0.29) is 19.4 Å². The number of aliphatic hydroxyl groups excluding tert-OH is 6. The molecule has 0 aliphatic carbocycles. The number of aliphatic hydroxyl groups is 6. The van der Waals surface area contributed by atoms with Gasteiger partial charge in [0.1, 0.15) is 24.4 Å². The second kappa shape index (κ2) is 7.66. The average Bonchev–Trinajstić information content (AvgIpc) is 2.31. The zero-order valence-electron chi connectivity index (χ0n) is 8.73. The van der Waals surface area contributed by atoms with Crippen LogP contribution in [0.4, 0.5) is 0 Å². The van der Waals surface area contributed by atoms with E-state index in [9.17, 15) is 20.1 Å². The van der Waals surface area contributed by atoms with Crippen molar-refractivity contribution in [1.82, 2.24) is 0 Å². The van der Waals surface area contributed by atoms with Gasteiger partial charge in [-0.05, 0) is 6.42 Å². The van der Waals surface area contributed by atoms with Gasteiger partial charge in [-0.3, -0.25) is 4.79 Å². The van der Waals surface area contributed by atoms with Gasteiger partial charge in [-0.2, -0.15) is 0 Å². The van der Waals surface area contributed by atoms with Gasteiger partial charge in [0.15, 0.2) is 5.78 Å². The Morgan fingerprint density at radius 1 is 1.00 bits per heavy atom. The third kappa shape index (κ3) is 4.52. The molecule has 0 aromatic heterocycles. The number of ketones is 1. The van der Waals surface area contributed by atoms with E-state index < -0.39 is 36.8 Å². The predicted molar refractivity (Wildman–Crippen MR) is 52.4 cm³/mol. The van der Waals surface area contributed by atoms with E-state index in [1.807, 2.05) is 0 Å². The Bertz CT molecular complexity index is 208. The van der Waals surface area contributed by atoms with Crippen molar-refractivity contribution >= 4 is 5.78 Å². The lowest BCUT2D eigenvalue weighted by molar-refractivity contribution is -0.147. The number of hydrogen-bond donors (Lipinski definition) is 6. The molecule has 96 valence electrons. The Kier molecular flexibility index (Phi) is 7.39. The molecule has 0 bridgehead atoms. The molecule has 0 spiro atoms. The smallest absolute Gasteiger partial charge is 0.164 e. The van der Waals surface area contributed by atoms with Gasteiger partial charge >= 0.3 is 0 Å². The van der Waals surface area contributed by atoms with Crippen LogP contribution in [0, 0.1) is 0 Å². The first-order chi connectivity index (χ1) is 7.45. The van der Waals surface area contributed by atoms with Crippen LogP contribution in [0.2, 0.25) is 0 Å². The number of Topliss-reactive ketones (excluding diaryl/α,β-unsaturated/α-hetero) is 1. The Labute approximate surface area is 92.6 Å². The summed E-state index contributed by atoms with van der Waals surface area (Å²) in [6.45, 7) is -1.02. The molecule has 0 radical (unpaired) electrons. The van der Waals surface area contributed by atoms with E-state index in [0.717, 1.165) is 0 Å². The molecule has 0 aliphatic rings. The Balaban J connectivity index is 4.25. The molecule has 4 atom stereocenters. The highest BCUT2D eigenvalue weighted by molar-refractivity contribution is 5.83.